The summed E-state index contributed by atoms with van der Waals surface area (Å²) in [6, 6.07) is 14.6. The minimum absolute atomic E-state index is 0.0493. The molecule has 1 aromatic heterocycles. The lowest BCUT2D eigenvalue weighted by atomic mass is 10.1. The van der Waals surface area contributed by atoms with E-state index in [0.29, 0.717) is 17.5 Å². The van der Waals surface area contributed by atoms with E-state index in [9.17, 15) is 9.59 Å². The van der Waals surface area contributed by atoms with Crippen LogP contribution in [0.3, 0.4) is 0 Å². The third-order valence-corrected chi connectivity index (χ3v) is 4.32. The van der Waals surface area contributed by atoms with Gasteiger partial charge >= 0.3 is 5.97 Å². The molecule has 22 heavy (non-hydrogen) atoms. The fraction of sp³-hybridized carbons (Fsp3) is 0.125. The molecule has 0 aliphatic heterocycles. The number of aromatic nitrogens is 1. The maximum atomic E-state index is 12.2. The molecule has 0 aliphatic carbocycles. The Balaban J connectivity index is 1.75. The quantitative estimate of drug-likeness (QED) is 0.752. The first-order valence-electron chi connectivity index (χ1n) is 6.71. The number of nitrogens with one attached hydrogen (secondary N) is 1. The molecule has 3 aromatic rings. The molecular weight excluding hydrogens is 300 g/mol. The second-order valence-electron chi connectivity index (χ2n) is 4.71. The summed E-state index contributed by atoms with van der Waals surface area (Å²) in [5.74, 6) is -0.361. The van der Waals surface area contributed by atoms with Crippen LogP contribution in [-0.2, 0) is 11.3 Å². The molecule has 5 nitrogen and oxygen atoms in total. The molecule has 6 heteroatoms. The van der Waals surface area contributed by atoms with Crippen molar-refractivity contribution in [1.82, 2.24) is 4.07 Å². The van der Waals surface area contributed by atoms with Crippen LogP contribution in [0.15, 0.2) is 53.3 Å². The number of esters is 1. The minimum atomic E-state index is -0.361. The molecule has 0 bridgehead atoms. The van der Waals surface area contributed by atoms with Gasteiger partial charge in [0.25, 0.3) is 5.56 Å². The van der Waals surface area contributed by atoms with E-state index < -0.39 is 0 Å². The summed E-state index contributed by atoms with van der Waals surface area (Å²) in [7, 11) is 1.35. The molecule has 0 saturated heterocycles. The summed E-state index contributed by atoms with van der Waals surface area (Å²) in [4.78, 5) is 23.5. The number of ether oxygens (including phenoxy) is 1. The fourth-order valence-electron chi connectivity index (χ4n) is 2.12. The molecule has 0 fully saturated rings. The Hall–Kier alpha value is -2.60. The molecule has 0 unspecified atom stereocenters. The van der Waals surface area contributed by atoms with Crippen molar-refractivity contribution >= 4 is 27.6 Å². The highest BCUT2D eigenvalue weighted by atomic mass is 32.1. The van der Waals surface area contributed by atoms with Gasteiger partial charge in [-0.25, -0.2) is 4.79 Å². The van der Waals surface area contributed by atoms with Crippen molar-refractivity contribution in [2.45, 2.75) is 6.54 Å². The van der Waals surface area contributed by atoms with Crippen LogP contribution in [-0.4, -0.2) is 17.1 Å². The highest BCUT2D eigenvalue weighted by molar-refractivity contribution is 7.13. The number of rotatable bonds is 4. The number of carbonyl (C=O) groups is 1. The maximum absolute atomic E-state index is 12.2. The van der Waals surface area contributed by atoms with Gasteiger partial charge in [-0.3, -0.25) is 4.79 Å². The summed E-state index contributed by atoms with van der Waals surface area (Å²) in [6.07, 6.45) is 0. The summed E-state index contributed by atoms with van der Waals surface area (Å²) >= 11 is 1.37. The molecule has 112 valence electrons. The number of hydrogen-bond donors (Lipinski definition) is 1. The van der Waals surface area contributed by atoms with Crippen molar-refractivity contribution in [3.05, 3.63) is 70.0 Å². The van der Waals surface area contributed by atoms with Crippen molar-refractivity contribution < 1.29 is 9.53 Å². The van der Waals surface area contributed by atoms with E-state index in [2.05, 4.69) is 10.2 Å². The van der Waals surface area contributed by atoms with Crippen LogP contribution in [0.25, 0.3) is 10.1 Å². The van der Waals surface area contributed by atoms with Gasteiger partial charge in [-0.2, -0.15) is 4.07 Å². The van der Waals surface area contributed by atoms with E-state index >= 15 is 0 Å². The zero-order chi connectivity index (χ0) is 15.5. The zero-order valence-corrected chi connectivity index (χ0v) is 12.7. The summed E-state index contributed by atoms with van der Waals surface area (Å²) in [6.45, 7) is 0.494. The van der Waals surface area contributed by atoms with E-state index in [1.165, 1.54) is 22.7 Å². The molecule has 1 heterocycles. The molecule has 1 N–H and O–H groups in total. The predicted molar refractivity (Wildman–Crippen MR) is 86.9 cm³/mol. The first-order valence-corrected chi connectivity index (χ1v) is 7.48. The van der Waals surface area contributed by atoms with Crippen LogP contribution >= 0.6 is 11.5 Å². The lowest BCUT2D eigenvalue weighted by Gasteiger charge is -2.06. The molecule has 0 amide bonds. The normalized spacial score (nSPS) is 10.6. The van der Waals surface area contributed by atoms with E-state index in [4.69, 9.17) is 0 Å². The van der Waals surface area contributed by atoms with E-state index in [0.717, 1.165) is 10.3 Å². The molecule has 0 spiro atoms. The number of nitrogens with zero attached hydrogens (tertiary/aromatic N) is 1. The zero-order valence-electron chi connectivity index (χ0n) is 11.9. The van der Waals surface area contributed by atoms with E-state index in [-0.39, 0.29) is 11.5 Å². The Morgan fingerprint density at radius 3 is 2.59 bits per heavy atom. The van der Waals surface area contributed by atoms with Gasteiger partial charge in [0.1, 0.15) is 0 Å². The summed E-state index contributed by atoms with van der Waals surface area (Å²) < 4.78 is 7.13. The van der Waals surface area contributed by atoms with Crippen LogP contribution in [0.2, 0.25) is 0 Å². The van der Waals surface area contributed by atoms with E-state index in [1.54, 1.807) is 12.1 Å². The third-order valence-electron chi connectivity index (χ3n) is 3.29. The van der Waals surface area contributed by atoms with Gasteiger partial charge in [-0.1, -0.05) is 24.3 Å². The van der Waals surface area contributed by atoms with Crippen molar-refractivity contribution in [2.24, 2.45) is 0 Å². The Labute approximate surface area is 130 Å². The monoisotopic (exact) mass is 314 g/mol. The predicted octanol–water partition coefficient (Wildman–Crippen LogP) is 2.59. The number of methoxy groups -OCH3 is 1. The van der Waals surface area contributed by atoms with Crippen LogP contribution in [0.4, 0.5) is 0 Å². The lowest BCUT2D eigenvalue weighted by molar-refractivity contribution is 0.0600. The second kappa shape index (κ2) is 6.03. The Kier molecular flexibility index (Phi) is 3.93. The molecule has 3 rings (SSSR count). The van der Waals surface area contributed by atoms with Gasteiger partial charge in [-0.05, 0) is 41.4 Å². The molecule has 0 radical (unpaired) electrons. The van der Waals surface area contributed by atoms with Crippen LogP contribution < -0.4 is 11.0 Å². The lowest BCUT2D eigenvalue weighted by Crippen LogP contribution is -2.23. The van der Waals surface area contributed by atoms with Gasteiger partial charge in [0.15, 0.2) is 0 Å². The molecule has 0 saturated carbocycles. The van der Waals surface area contributed by atoms with Gasteiger partial charge in [0.05, 0.1) is 29.3 Å². The van der Waals surface area contributed by atoms with Crippen LogP contribution in [0.1, 0.15) is 15.9 Å². The average Bonchev–Trinajstić information content (AvgIpc) is 2.89. The third kappa shape index (κ3) is 2.73. The Morgan fingerprint density at radius 1 is 1.18 bits per heavy atom. The molecule has 0 aliphatic rings. The number of benzene rings is 2. The van der Waals surface area contributed by atoms with Crippen molar-refractivity contribution in [2.75, 3.05) is 12.5 Å². The standard InChI is InChI=1S/C16H14N2O3S/c1-21-16(20)12-8-6-11(7-9-12)10-17-18-15(19)13-4-2-3-5-14(13)22-18/h2-9,17H,10H2,1H3. The second-order valence-corrected chi connectivity index (χ2v) is 5.70. The average molecular weight is 314 g/mol. The first kappa shape index (κ1) is 14.3. The minimum Gasteiger partial charge on any atom is -0.465 e. The Bertz CT molecular complexity index is 865. The number of carbonyl (C=O) groups excluding carboxylic acids is 1. The van der Waals surface area contributed by atoms with Crippen LogP contribution in [0.5, 0.6) is 0 Å². The topological polar surface area (TPSA) is 60.3 Å². The SMILES string of the molecule is COC(=O)c1ccc(CNn2sc3ccccc3c2=O)cc1. The van der Waals surface area contributed by atoms with E-state index in [1.807, 2.05) is 36.4 Å². The van der Waals surface area contributed by atoms with Crippen molar-refractivity contribution in [1.29, 1.82) is 0 Å². The van der Waals surface area contributed by atoms with Crippen LogP contribution in [0, 0.1) is 0 Å². The van der Waals surface area contributed by atoms with Gasteiger partial charge < -0.3 is 10.2 Å². The van der Waals surface area contributed by atoms with Gasteiger partial charge in [-0.15, -0.1) is 0 Å². The highest BCUT2D eigenvalue weighted by Gasteiger charge is 2.07. The number of hydrogen-bond acceptors (Lipinski definition) is 5. The van der Waals surface area contributed by atoms with Gasteiger partial charge in [0.2, 0.25) is 0 Å². The first-order chi connectivity index (χ1) is 10.7. The summed E-state index contributed by atoms with van der Waals surface area (Å²) in [5.41, 5.74) is 4.51. The highest BCUT2D eigenvalue weighted by Crippen LogP contribution is 2.15. The smallest absolute Gasteiger partial charge is 0.337 e. The largest absolute Gasteiger partial charge is 0.465 e. The molecule has 2 aromatic carbocycles. The van der Waals surface area contributed by atoms with Crippen molar-refractivity contribution in [3.63, 3.8) is 0 Å². The summed E-state index contributed by atoms with van der Waals surface area (Å²) in [5, 5.41) is 0.709. The van der Waals surface area contributed by atoms with Crippen molar-refractivity contribution in [3.8, 4) is 0 Å². The fourth-order valence-corrected chi connectivity index (χ4v) is 3.02. The maximum Gasteiger partial charge on any atom is 0.337 e. The Morgan fingerprint density at radius 2 is 1.91 bits per heavy atom. The molecule has 0 atom stereocenters. The van der Waals surface area contributed by atoms with Gasteiger partial charge in [0, 0.05) is 0 Å². The molecular formula is C16H14N2O3S. The number of fused-ring (bicyclic) bond motifs is 1.